The van der Waals surface area contributed by atoms with Crippen molar-refractivity contribution in [3.63, 3.8) is 0 Å². The molecule has 6 nitrogen and oxygen atoms in total. The normalized spacial score (nSPS) is 10.5. The molecule has 0 spiro atoms. The van der Waals surface area contributed by atoms with Crippen LogP contribution < -0.4 is 10.1 Å². The molecule has 3 aromatic rings. The van der Waals surface area contributed by atoms with E-state index in [0.717, 1.165) is 5.56 Å². The third kappa shape index (κ3) is 3.92. The van der Waals surface area contributed by atoms with E-state index in [2.05, 4.69) is 10.3 Å². The third-order valence-corrected chi connectivity index (χ3v) is 3.73. The van der Waals surface area contributed by atoms with Crippen LogP contribution in [0.1, 0.15) is 16.1 Å². The molecule has 0 saturated carbocycles. The molecule has 0 aliphatic rings. The van der Waals surface area contributed by atoms with Gasteiger partial charge in [-0.3, -0.25) is 4.79 Å². The molecule has 3 rings (SSSR count). The molecule has 128 valence electrons. The first-order valence-corrected chi connectivity index (χ1v) is 7.80. The number of aromatic hydroxyl groups is 1. The second-order valence-electron chi connectivity index (χ2n) is 5.24. The van der Waals surface area contributed by atoms with Gasteiger partial charge in [0.05, 0.1) is 12.7 Å². The summed E-state index contributed by atoms with van der Waals surface area (Å²) >= 11 is 6.00. The molecule has 0 fully saturated rings. The van der Waals surface area contributed by atoms with E-state index < -0.39 is 0 Å². The molecule has 1 heterocycles. The van der Waals surface area contributed by atoms with Gasteiger partial charge in [-0.25, -0.2) is 4.98 Å². The van der Waals surface area contributed by atoms with Crippen molar-refractivity contribution in [1.82, 2.24) is 10.3 Å². The number of halogens is 1. The number of hydrogen-bond acceptors (Lipinski definition) is 5. The summed E-state index contributed by atoms with van der Waals surface area (Å²) in [5.41, 5.74) is 1.47. The van der Waals surface area contributed by atoms with Crippen molar-refractivity contribution in [3.8, 4) is 23.0 Å². The fourth-order valence-electron chi connectivity index (χ4n) is 2.29. The van der Waals surface area contributed by atoms with Crippen LogP contribution in [-0.4, -0.2) is 23.1 Å². The van der Waals surface area contributed by atoms with Crippen LogP contribution in [0.15, 0.2) is 53.1 Å². The number of nitrogens with zero attached hydrogens (tertiary/aromatic N) is 1. The molecule has 0 atom stereocenters. The van der Waals surface area contributed by atoms with E-state index in [1.165, 1.54) is 13.4 Å². The van der Waals surface area contributed by atoms with Gasteiger partial charge < -0.3 is 19.6 Å². The van der Waals surface area contributed by atoms with Crippen LogP contribution in [0, 0.1) is 0 Å². The van der Waals surface area contributed by atoms with Crippen LogP contribution in [0.4, 0.5) is 0 Å². The van der Waals surface area contributed by atoms with E-state index in [1.54, 1.807) is 42.5 Å². The first-order valence-electron chi connectivity index (χ1n) is 7.42. The predicted octanol–water partition coefficient (Wildman–Crippen LogP) is 3.64. The van der Waals surface area contributed by atoms with Crippen molar-refractivity contribution in [2.75, 3.05) is 7.11 Å². The summed E-state index contributed by atoms with van der Waals surface area (Å²) in [6.45, 7) is 0.260. The van der Waals surface area contributed by atoms with Crippen LogP contribution in [0.3, 0.4) is 0 Å². The fraction of sp³-hybridized carbons (Fsp3) is 0.111. The molecule has 2 N–H and O–H groups in total. The zero-order chi connectivity index (χ0) is 17.8. The molecule has 1 amide bonds. The molecule has 25 heavy (non-hydrogen) atoms. The lowest BCUT2D eigenvalue weighted by Crippen LogP contribution is -2.23. The summed E-state index contributed by atoms with van der Waals surface area (Å²) in [7, 11) is 1.53. The zero-order valence-corrected chi connectivity index (χ0v) is 14.1. The van der Waals surface area contributed by atoms with Crippen LogP contribution in [0.2, 0.25) is 5.02 Å². The van der Waals surface area contributed by atoms with Gasteiger partial charge >= 0.3 is 0 Å². The van der Waals surface area contributed by atoms with Crippen molar-refractivity contribution < 1.29 is 19.1 Å². The first-order chi connectivity index (χ1) is 12.1. The Kier molecular flexibility index (Phi) is 4.90. The van der Waals surface area contributed by atoms with E-state index in [-0.39, 0.29) is 29.8 Å². The molecule has 0 unspecified atom stereocenters. The van der Waals surface area contributed by atoms with E-state index in [4.69, 9.17) is 20.8 Å². The zero-order valence-electron chi connectivity index (χ0n) is 13.3. The maximum absolute atomic E-state index is 12.2. The Hall–Kier alpha value is -2.99. The smallest absolute Gasteiger partial charge is 0.273 e. The summed E-state index contributed by atoms with van der Waals surface area (Å²) in [6.07, 6.45) is 1.27. The number of nitrogens with one attached hydrogen (secondary N) is 1. The molecule has 2 aromatic carbocycles. The number of phenolic OH excluding ortho intramolecular Hbond substituents is 1. The number of carbonyl (C=O) groups is 1. The lowest BCUT2D eigenvalue weighted by atomic mass is 10.2. The minimum absolute atomic E-state index is 0.136. The molecule has 0 saturated heterocycles. The Morgan fingerprint density at radius 3 is 2.92 bits per heavy atom. The Balaban J connectivity index is 1.75. The van der Waals surface area contributed by atoms with Gasteiger partial charge in [-0.1, -0.05) is 23.7 Å². The van der Waals surface area contributed by atoms with Crippen molar-refractivity contribution in [2.24, 2.45) is 0 Å². The largest absolute Gasteiger partial charge is 0.508 e. The fourth-order valence-corrected chi connectivity index (χ4v) is 2.46. The average Bonchev–Trinajstić information content (AvgIpc) is 3.10. The minimum atomic E-state index is -0.390. The van der Waals surface area contributed by atoms with Gasteiger partial charge in [0.1, 0.15) is 17.8 Å². The highest BCUT2D eigenvalue weighted by Gasteiger charge is 2.16. The molecular formula is C18H15ClN2O4. The Morgan fingerprint density at radius 1 is 1.32 bits per heavy atom. The summed E-state index contributed by atoms with van der Waals surface area (Å²) in [5.74, 6) is 0.530. The van der Waals surface area contributed by atoms with Crippen molar-refractivity contribution >= 4 is 17.5 Å². The van der Waals surface area contributed by atoms with Gasteiger partial charge in [0, 0.05) is 11.6 Å². The number of benzene rings is 2. The molecule has 0 bridgehead atoms. The monoisotopic (exact) mass is 358 g/mol. The van der Waals surface area contributed by atoms with Crippen molar-refractivity contribution in [3.05, 3.63) is 65.0 Å². The van der Waals surface area contributed by atoms with Crippen molar-refractivity contribution in [1.29, 1.82) is 0 Å². The second-order valence-corrected chi connectivity index (χ2v) is 5.67. The first kappa shape index (κ1) is 16.9. The summed E-state index contributed by atoms with van der Waals surface area (Å²) in [5, 5.41) is 12.7. The third-order valence-electron chi connectivity index (χ3n) is 3.49. The number of carbonyl (C=O) groups excluding carboxylic acids is 1. The quantitative estimate of drug-likeness (QED) is 0.727. The number of aromatic nitrogens is 1. The molecule has 1 aromatic heterocycles. The average molecular weight is 359 g/mol. The Bertz CT molecular complexity index is 908. The molecule has 0 aliphatic carbocycles. The second kappa shape index (κ2) is 7.27. The number of phenols is 1. The highest BCUT2D eigenvalue weighted by molar-refractivity contribution is 6.30. The minimum Gasteiger partial charge on any atom is -0.508 e. The summed E-state index contributed by atoms with van der Waals surface area (Å²) in [6, 6.07) is 11.7. The summed E-state index contributed by atoms with van der Waals surface area (Å²) in [4.78, 5) is 16.4. The van der Waals surface area contributed by atoms with Crippen LogP contribution >= 0.6 is 11.6 Å². The van der Waals surface area contributed by atoms with Crippen LogP contribution in [-0.2, 0) is 6.54 Å². The van der Waals surface area contributed by atoms with Crippen molar-refractivity contribution in [2.45, 2.75) is 6.54 Å². The molecule has 0 aliphatic heterocycles. The molecule has 7 heteroatoms. The lowest BCUT2D eigenvalue weighted by molar-refractivity contribution is 0.0946. The van der Waals surface area contributed by atoms with Gasteiger partial charge in [-0.15, -0.1) is 0 Å². The van der Waals surface area contributed by atoms with Crippen LogP contribution in [0.5, 0.6) is 11.5 Å². The van der Waals surface area contributed by atoms with Gasteiger partial charge in [0.2, 0.25) is 5.89 Å². The Morgan fingerprint density at radius 2 is 2.16 bits per heavy atom. The number of amides is 1. The number of rotatable bonds is 5. The number of ether oxygens (including phenoxy) is 1. The lowest BCUT2D eigenvalue weighted by Gasteiger charge is -2.05. The maximum Gasteiger partial charge on any atom is 0.273 e. The standard InChI is InChI=1S/C18H15ClN2O4/c1-24-16-6-5-12(19)8-14(16)18-21-15(10-25-18)17(23)20-9-11-3-2-4-13(22)7-11/h2-8,10,22H,9H2,1H3,(H,20,23). The SMILES string of the molecule is COc1ccc(Cl)cc1-c1nc(C(=O)NCc2cccc(O)c2)co1. The van der Waals surface area contributed by atoms with Crippen LogP contribution in [0.25, 0.3) is 11.5 Å². The van der Waals surface area contributed by atoms with Gasteiger partial charge in [0.15, 0.2) is 5.69 Å². The number of oxazole rings is 1. The molecular weight excluding hydrogens is 344 g/mol. The molecule has 0 radical (unpaired) electrons. The highest BCUT2D eigenvalue weighted by Crippen LogP contribution is 2.31. The van der Waals surface area contributed by atoms with Gasteiger partial charge in [-0.2, -0.15) is 0 Å². The van der Waals surface area contributed by atoms with E-state index in [0.29, 0.717) is 16.3 Å². The van der Waals surface area contributed by atoms with Gasteiger partial charge in [-0.05, 0) is 35.9 Å². The number of hydrogen-bond donors (Lipinski definition) is 2. The maximum atomic E-state index is 12.2. The predicted molar refractivity (Wildman–Crippen MR) is 92.8 cm³/mol. The summed E-state index contributed by atoms with van der Waals surface area (Å²) < 4.78 is 10.6. The van der Waals surface area contributed by atoms with E-state index in [9.17, 15) is 9.90 Å². The highest BCUT2D eigenvalue weighted by atomic mass is 35.5. The Labute approximate surface area is 149 Å². The number of methoxy groups -OCH3 is 1. The van der Waals surface area contributed by atoms with E-state index in [1.807, 2.05) is 0 Å². The van der Waals surface area contributed by atoms with Gasteiger partial charge in [0.25, 0.3) is 5.91 Å². The van der Waals surface area contributed by atoms with E-state index >= 15 is 0 Å². The topological polar surface area (TPSA) is 84.6 Å².